The standard InChI is InChI=1S/C16H18N4O2/c1-22-16(21)6-7-18-9-15-10-19-12-20(15)11-14-4-2-13(8-17)3-5-14/h2-5,10,12,18H,6-7,9,11H2,1H3. The summed E-state index contributed by atoms with van der Waals surface area (Å²) in [5.74, 6) is -0.224. The summed E-state index contributed by atoms with van der Waals surface area (Å²) in [4.78, 5) is 15.2. The molecule has 1 heterocycles. The number of methoxy groups -OCH3 is 1. The zero-order valence-corrected chi connectivity index (χ0v) is 12.5. The maximum Gasteiger partial charge on any atom is 0.306 e. The van der Waals surface area contributed by atoms with Crippen LogP contribution in [0.5, 0.6) is 0 Å². The van der Waals surface area contributed by atoms with E-state index in [1.165, 1.54) is 7.11 Å². The van der Waals surface area contributed by atoms with E-state index in [2.05, 4.69) is 21.1 Å². The first-order valence-corrected chi connectivity index (χ1v) is 6.98. The summed E-state index contributed by atoms with van der Waals surface area (Å²) >= 11 is 0. The van der Waals surface area contributed by atoms with Gasteiger partial charge in [-0.2, -0.15) is 5.26 Å². The maximum atomic E-state index is 11.0. The average Bonchev–Trinajstić information content (AvgIpc) is 2.99. The Morgan fingerprint density at radius 1 is 1.41 bits per heavy atom. The molecule has 0 aliphatic carbocycles. The lowest BCUT2D eigenvalue weighted by Crippen LogP contribution is -2.20. The quantitative estimate of drug-likeness (QED) is 0.618. The van der Waals surface area contributed by atoms with Gasteiger partial charge in [0.1, 0.15) is 0 Å². The van der Waals surface area contributed by atoms with Crippen molar-refractivity contribution in [3.05, 3.63) is 53.6 Å². The normalized spacial score (nSPS) is 10.2. The lowest BCUT2D eigenvalue weighted by atomic mass is 10.1. The van der Waals surface area contributed by atoms with Gasteiger partial charge < -0.3 is 14.6 Å². The second kappa shape index (κ2) is 7.96. The molecule has 0 aliphatic rings. The Bertz CT molecular complexity index is 656. The minimum Gasteiger partial charge on any atom is -0.469 e. The summed E-state index contributed by atoms with van der Waals surface area (Å²) in [5.41, 5.74) is 2.79. The van der Waals surface area contributed by atoms with E-state index in [0.717, 1.165) is 11.3 Å². The third-order valence-electron chi connectivity index (χ3n) is 3.27. The van der Waals surface area contributed by atoms with Crippen LogP contribution in [-0.2, 0) is 22.6 Å². The molecule has 1 aromatic carbocycles. The number of aromatic nitrogens is 2. The van der Waals surface area contributed by atoms with Crippen molar-refractivity contribution in [1.82, 2.24) is 14.9 Å². The van der Waals surface area contributed by atoms with Crippen molar-refractivity contribution in [2.24, 2.45) is 0 Å². The predicted octanol–water partition coefficient (Wildman–Crippen LogP) is 1.46. The number of nitriles is 1. The molecule has 0 aliphatic heterocycles. The van der Waals surface area contributed by atoms with Gasteiger partial charge in [0.15, 0.2) is 0 Å². The third kappa shape index (κ3) is 4.43. The molecule has 0 bridgehead atoms. The second-order valence-electron chi connectivity index (χ2n) is 4.82. The van der Waals surface area contributed by atoms with Crippen molar-refractivity contribution in [1.29, 1.82) is 5.26 Å². The summed E-state index contributed by atoms with van der Waals surface area (Å²) in [6, 6.07) is 9.59. The van der Waals surface area contributed by atoms with Crippen molar-refractivity contribution in [3.63, 3.8) is 0 Å². The van der Waals surface area contributed by atoms with Crippen molar-refractivity contribution in [2.75, 3.05) is 13.7 Å². The molecule has 2 rings (SSSR count). The largest absolute Gasteiger partial charge is 0.469 e. The van der Waals surface area contributed by atoms with E-state index in [0.29, 0.717) is 31.6 Å². The Labute approximate surface area is 129 Å². The second-order valence-corrected chi connectivity index (χ2v) is 4.82. The van der Waals surface area contributed by atoms with Gasteiger partial charge >= 0.3 is 5.97 Å². The number of ether oxygens (including phenoxy) is 1. The minimum absolute atomic E-state index is 0.224. The van der Waals surface area contributed by atoms with Gasteiger partial charge in [-0.1, -0.05) is 12.1 Å². The SMILES string of the molecule is COC(=O)CCNCc1cncn1Cc1ccc(C#N)cc1. The van der Waals surface area contributed by atoms with E-state index in [1.807, 2.05) is 16.7 Å². The molecule has 0 unspecified atom stereocenters. The van der Waals surface area contributed by atoms with Gasteiger partial charge in [-0.25, -0.2) is 4.98 Å². The van der Waals surface area contributed by atoms with Crippen LogP contribution in [-0.4, -0.2) is 29.2 Å². The average molecular weight is 298 g/mol. The van der Waals surface area contributed by atoms with Crippen molar-refractivity contribution >= 4 is 5.97 Å². The fourth-order valence-electron chi connectivity index (χ4n) is 2.03. The third-order valence-corrected chi connectivity index (χ3v) is 3.27. The Hall–Kier alpha value is -2.65. The molecule has 0 atom stereocenters. The first-order valence-electron chi connectivity index (χ1n) is 6.98. The van der Waals surface area contributed by atoms with Gasteiger partial charge in [-0.3, -0.25) is 4.79 Å². The van der Waals surface area contributed by atoms with E-state index in [-0.39, 0.29) is 5.97 Å². The van der Waals surface area contributed by atoms with Crippen LogP contribution in [0.25, 0.3) is 0 Å². The topological polar surface area (TPSA) is 79.9 Å². The molecule has 0 fully saturated rings. The predicted molar refractivity (Wildman–Crippen MR) is 80.8 cm³/mol. The molecule has 1 aromatic heterocycles. The molecule has 22 heavy (non-hydrogen) atoms. The molecule has 0 saturated heterocycles. The number of hydrogen-bond acceptors (Lipinski definition) is 5. The van der Waals surface area contributed by atoms with Gasteiger partial charge in [0.2, 0.25) is 0 Å². The number of carbonyl (C=O) groups is 1. The maximum absolute atomic E-state index is 11.0. The first kappa shape index (κ1) is 15.7. The molecular formula is C16H18N4O2. The highest BCUT2D eigenvalue weighted by molar-refractivity contribution is 5.69. The number of nitrogens with zero attached hydrogens (tertiary/aromatic N) is 3. The Morgan fingerprint density at radius 3 is 2.86 bits per heavy atom. The number of carbonyl (C=O) groups excluding carboxylic acids is 1. The van der Waals surface area contributed by atoms with Gasteiger partial charge in [0, 0.05) is 25.8 Å². The van der Waals surface area contributed by atoms with Gasteiger partial charge in [0.05, 0.1) is 37.2 Å². The van der Waals surface area contributed by atoms with E-state index < -0.39 is 0 Å². The zero-order chi connectivity index (χ0) is 15.8. The van der Waals surface area contributed by atoms with E-state index in [9.17, 15) is 4.79 Å². The number of esters is 1. The number of imidazole rings is 1. The molecule has 6 heteroatoms. The zero-order valence-electron chi connectivity index (χ0n) is 12.5. The lowest BCUT2D eigenvalue weighted by Gasteiger charge is -2.09. The Kier molecular flexibility index (Phi) is 5.69. The lowest BCUT2D eigenvalue weighted by molar-refractivity contribution is -0.140. The summed E-state index contributed by atoms with van der Waals surface area (Å²) in [7, 11) is 1.38. The first-order chi connectivity index (χ1) is 10.7. The molecule has 2 aromatic rings. The van der Waals surface area contributed by atoms with Crippen LogP contribution >= 0.6 is 0 Å². The van der Waals surface area contributed by atoms with Crippen LogP contribution in [0.1, 0.15) is 23.2 Å². The smallest absolute Gasteiger partial charge is 0.306 e. The number of hydrogen-bond donors (Lipinski definition) is 1. The molecule has 0 saturated carbocycles. The van der Waals surface area contributed by atoms with Crippen molar-refractivity contribution in [3.8, 4) is 6.07 Å². The molecule has 0 spiro atoms. The molecule has 114 valence electrons. The Balaban J connectivity index is 1.89. The molecule has 0 amide bonds. The van der Waals surface area contributed by atoms with Gasteiger partial charge in [-0.05, 0) is 17.7 Å². The summed E-state index contributed by atoms with van der Waals surface area (Å²) in [6.45, 7) is 1.89. The fraction of sp³-hybridized carbons (Fsp3) is 0.312. The molecule has 1 N–H and O–H groups in total. The van der Waals surface area contributed by atoms with Gasteiger partial charge in [-0.15, -0.1) is 0 Å². The van der Waals surface area contributed by atoms with Crippen LogP contribution in [0.2, 0.25) is 0 Å². The summed E-state index contributed by atoms with van der Waals surface area (Å²) in [6.07, 6.45) is 3.92. The summed E-state index contributed by atoms with van der Waals surface area (Å²) in [5, 5.41) is 12.0. The number of rotatable bonds is 7. The monoisotopic (exact) mass is 298 g/mol. The van der Waals surface area contributed by atoms with Crippen LogP contribution < -0.4 is 5.32 Å². The minimum atomic E-state index is -0.224. The van der Waals surface area contributed by atoms with Crippen LogP contribution in [0, 0.1) is 11.3 Å². The van der Waals surface area contributed by atoms with Crippen molar-refractivity contribution in [2.45, 2.75) is 19.5 Å². The van der Waals surface area contributed by atoms with Crippen molar-refractivity contribution < 1.29 is 9.53 Å². The fourth-order valence-corrected chi connectivity index (χ4v) is 2.03. The molecule has 6 nitrogen and oxygen atoms in total. The van der Waals surface area contributed by atoms with Crippen LogP contribution in [0.3, 0.4) is 0 Å². The summed E-state index contributed by atoms with van der Waals surface area (Å²) < 4.78 is 6.62. The number of nitrogens with one attached hydrogen (secondary N) is 1. The molecule has 0 radical (unpaired) electrons. The van der Waals surface area contributed by atoms with E-state index >= 15 is 0 Å². The highest BCUT2D eigenvalue weighted by Crippen LogP contribution is 2.08. The van der Waals surface area contributed by atoms with E-state index in [1.54, 1.807) is 24.7 Å². The molecular weight excluding hydrogens is 280 g/mol. The highest BCUT2D eigenvalue weighted by atomic mass is 16.5. The van der Waals surface area contributed by atoms with Crippen LogP contribution in [0.4, 0.5) is 0 Å². The number of benzene rings is 1. The Morgan fingerprint density at radius 2 is 2.18 bits per heavy atom. The van der Waals surface area contributed by atoms with E-state index in [4.69, 9.17) is 5.26 Å². The van der Waals surface area contributed by atoms with Gasteiger partial charge in [0.25, 0.3) is 0 Å². The van der Waals surface area contributed by atoms with Crippen LogP contribution in [0.15, 0.2) is 36.8 Å². The highest BCUT2D eigenvalue weighted by Gasteiger charge is 2.04.